The van der Waals surface area contributed by atoms with Crippen LogP contribution in [0, 0.1) is 5.92 Å². The molecule has 0 saturated heterocycles. The molecule has 2 N–H and O–H groups in total. The van der Waals surface area contributed by atoms with E-state index >= 15 is 0 Å². The average molecular weight is 263 g/mol. The molecule has 0 spiro atoms. The molecule has 1 aromatic rings. The van der Waals surface area contributed by atoms with Crippen LogP contribution in [-0.2, 0) is 0 Å². The first kappa shape index (κ1) is 13.3. The van der Waals surface area contributed by atoms with Crippen LogP contribution in [0.3, 0.4) is 0 Å². The van der Waals surface area contributed by atoms with Gasteiger partial charge in [0.15, 0.2) is 0 Å². The first-order chi connectivity index (χ1) is 8.66. The largest absolute Gasteiger partial charge is 0.389 e. The minimum absolute atomic E-state index is 0.406. The second-order valence-electron chi connectivity index (χ2n) is 5.15. The SMILES string of the molecule is CN(CC1CCCCC1)c1ccc(C(N)=S)cn1. The predicted octanol–water partition coefficient (Wildman–Crippen LogP) is 2.73. The van der Waals surface area contributed by atoms with E-state index in [4.69, 9.17) is 18.0 Å². The Morgan fingerprint density at radius 2 is 2.11 bits per heavy atom. The van der Waals surface area contributed by atoms with Crippen LogP contribution in [-0.4, -0.2) is 23.6 Å². The van der Waals surface area contributed by atoms with Gasteiger partial charge in [-0.2, -0.15) is 0 Å². The van der Waals surface area contributed by atoms with Gasteiger partial charge in [-0.1, -0.05) is 31.5 Å². The molecule has 18 heavy (non-hydrogen) atoms. The van der Waals surface area contributed by atoms with Crippen molar-refractivity contribution in [2.45, 2.75) is 32.1 Å². The third-order valence-electron chi connectivity index (χ3n) is 3.68. The minimum atomic E-state index is 0.406. The second-order valence-corrected chi connectivity index (χ2v) is 5.59. The van der Waals surface area contributed by atoms with Crippen LogP contribution in [0.5, 0.6) is 0 Å². The van der Waals surface area contributed by atoms with Crippen LogP contribution in [0.1, 0.15) is 37.7 Å². The molecule has 1 aromatic heterocycles. The summed E-state index contributed by atoms with van der Waals surface area (Å²) in [6.45, 7) is 1.10. The number of hydrogen-bond donors (Lipinski definition) is 1. The van der Waals surface area contributed by atoms with E-state index in [1.54, 1.807) is 6.20 Å². The lowest BCUT2D eigenvalue weighted by molar-refractivity contribution is 0.361. The first-order valence-corrected chi connectivity index (χ1v) is 7.04. The normalized spacial score (nSPS) is 16.5. The quantitative estimate of drug-likeness (QED) is 0.848. The maximum atomic E-state index is 5.57. The van der Waals surface area contributed by atoms with Crippen molar-refractivity contribution in [1.82, 2.24) is 4.98 Å². The van der Waals surface area contributed by atoms with Crippen LogP contribution in [0.15, 0.2) is 18.3 Å². The molecule has 1 saturated carbocycles. The van der Waals surface area contributed by atoms with Gasteiger partial charge in [0.05, 0.1) is 0 Å². The summed E-state index contributed by atoms with van der Waals surface area (Å²) in [5.74, 6) is 1.82. The summed E-state index contributed by atoms with van der Waals surface area (Å²) in [5.41, 5.74) is 6.40. The molecule has 1 aliphatic rings. The summed E-state index contributed by atoms with van der Waals surface area (Å²) < 4.78 is 0. The van der Waals surface area contributed by atoms with E-state index in [0.717, 1.165) is 23.8 Å². The Morgan fingerprint density at radius 3 is 2.67 bits per heavy atom. The van der Waals surface area contributed by atoms with Crippen molar-refractivity contribution < 1.29 is 0 Å². The monoisotopic (exact) mass is 263 g/mol. The lowest BCUT2D eigenvalue weighted by Gasteiger charge is -2.27. The standard InChI is InChI=1S/C14H21N3S/c1-17(10-11-5-3-2-4-6-11)13-8-7-12(9-16-13)14(15)18/h7-9,11H,2-6,10H2,1H3,(H2,15,18). The fraction of sp³-hybridized carbons (Fsp3) is 0.571. The summed E-state index contributed by atoms with van der Waals surface area (Å²) in [6.07, 6.45) is 8.64. The molecule has 3 nitrogen and oxygen atoms in total. The van der Waals surface area contributed by atoms with Crippen molar-refractivity contribution in [3.8, 4) is 0 Å². The van der Waals surface area contributed by atoms with Crippen molar-refractivity contribution in [2.75, 3.05) is 18.5 Å². The summed E-state index contributed by atoms with van der Waals surface area (Å²) in [6, 6.07) is 3.94. The third-order valence-corrected chi connectivity index (χ3v) is 3.92. The van der Waals surface area contributed by atoms with Gasteiger partial charge in [0, 0.05) is 25.4 Å². The molecule has 0 aromatic carbocycles. The highest BCUT2D eigenvalue weighted by molar-refractivity contribution is 7.80. The maximum Gasteiger partial charge on any atom is 0.128 e. The van der Waals surface area contributed by atoms with Crippen LogP contribution in [0.25, 0.3) is 0 Å². The fourth-order valence-corrected chi connectivity index (χ4v) is 2.73. The van der Waals surface area contributed by atoms with Gasteiger partial charge in [0.2, 0.25) is 0 Å². The molecule has 1 aliphatic carbocycles. The number of nitrogens with two attached hydrogens (primary N) is 1. The van der Waals surface area contributed by atoms with Crippen molar-refractivity contribution in [3.05, 3.63) is 23.9 Å². The molecule has 4 heteroatoms. The number of pyridine rings is 1. The topological polar surface area (TPSA) is 42.1 Å². The van der Waals surface area contributed by atoms with Crippen LogP contribution in [0.4, 0.5) is 5.82 Å². The lowest BCUT2D eigenvalue weighted by Crippen LogP contribution is -2.27. The van der Waals surface area contributed by atoms with Gasteiger partial charge in [0.25, 0.3) is 0 Å². The molecule has 98 valence electrons. The number of nitrogens with zero attached hydrogens (tertiary/aromatic N) is 2. The number of rotatable bonds is 4. The van der Waals surface area contributed by atoms with Gasteiger partial charge in [-0.05, 0) is 30.9 Å². The first-order valence-electron chi connectivity index (χ1n) is 6.64. The minimum Gasteiger partial charge on any atom is -0.389 e. The summed E-state index contributed by atoms with van der Waals surface area (Å²) >= 11 is 4.93. The molecule has 1 fully saturated rings. The summed E-state index contributed by atoms with van der Waals surface area (Å²) in [4.78, 5) is 7.07. The van der Waals surface area contributed by atoms with Crippen molar-refractivity contribution in [2.24, 2.45) is 11.7 Å². The number of hydrogen-bond acceptors (Lipinski definition) is 3. The van der Waals surface area contributed by atoms with E-state index in [1.165, 1.54) is 32.1 Å². The van der Waals surface area contributed by atoms with Crippen LogP contribution in [0.2, 0.25) is 0 Å². The van der Waals surface area contributed by atoms with E-state index in [9.17, 15) is 0 Å². The van der Waals surface area contributed by atoms with Crippen molar-refractivity contribution >= 4 is 23.0 Å². The van der Waals surface area contributed by atoms with Crippen LogP contribution < -0.4 is 10.6 Å². The highest BCUT2D eigenvalue weighted by Crippen LogP contribution is 2.25. The van der Waals surface area contributed by atoms with E-state index in [2.05, 4.69) is 16.9 Å². The van der Waals surface area contributed by atoms with Gasteiger partial charge >= 0.3 is 0 Å². The Morgan fingerprint density at radius 1 is 1.39 bits per heavy atom. The molecule has 0 amide bonds. The maximum absolute atomic E-state index is 5.57. The number of anilines is 1. The smallest absolute Gasteiger partial charge is 0.128 e. The Balaban J connectivity index is 1.95. The molecule has 0 atom stereocenters. The molecular weight excluding hydrogens is 242 g/mol. The predicted molar refractivity (Wildman–Crippen MR) is 80.0 cm³/mol. The molecule has 2 rings (SSSR count). The Bertz CT molecular complexity index is 396. The Kier molecular flexibility index (Phi) is 4.53. The molecule has 0 radical (unpaired) electrons. The van der Waals surface area contributed by atoms with Crippen LogP contribution >= 0.6 is 12.2 Å². The number of aromatic nitrogens is 1. The molecular formula is C14H21N3S. The highest BCUT2D eigenvalue weighted by atomic mass is 32.1. The zero-order chi connectivity index (χ0) is 13.0. The van der Waals surface area contributed by atoms with Gasteiger partial charge in [-0.3, -0.25) is 0 Å². The van der Waals surface area contributed by atoms with Gasteiger partial charge < -0.3 is 10.6 Å². The zero-order valence-corrected chi connectivity index (χ0v) is 11.7. The fourth-order valence-electron chi connectivity index (χ4n) is 2.61. The highest BCUT2D eigenvalue weighted by Gasteiger charge is 2.16. The van der Waals surface area contributed by atoms with Gasteiger partial charge in [-0.15, -0.1) is 0 Å². The number of thiocarbonyl (C=S) groups is 1. The van der Waals surface area contributed by atoms with Crippen molar-refractivity contribution in [1.29, 1.82) is 0 Å². The molecule has 0 aliphatic heterocycles. The van der Waals surface area contributed by atoms with Crippen molar-refractivity contribution in [3.63, 3.8) is 0 Å². The zero-order valence-electron chi connectivity index (χ0n) is 10.9. The average Bonchev–Trinajstić information content (AvgIpc) is 2.40. The summed E-state index contributed by atoms with van der Waals surface area (Å²) in [7, 11) is 2.11. The second kappa shape index (κ2) is 6.14. The van der Waals surface area contributed by atoms with Gasteiger partial charge in [-0.25, -0.2) is 4.98 Å². The Labute approximate surface area is 114 Å². The summed E-state index contributed by atoms with van der Waals surface area (Å²) in [5, 5.41) is 0. The molecule has 0 bridgehead atoms. The van der Waals surface area contributed by atoms with E-state index in [1.807, 2.05) is 12.1 Å². The van der Waals surface area contributed by atoms with Gasteiger partial charge in [0.1, 0.15) is 10.8 Å². The van der Waals surface area contributed by atoms with E-state index < -0.39 is 0 Å². The Hall–Kier alpha value is -1.16. The third kappa shape index (κ3) is 3.42. The van der Waals surface area contributed by atoms with E-state index in [0.29, 0.717) is 4.99 Å². The molecule has 0 unspecified atom stereocenters. The lowest BCUT2D eigenvalue weighted by atomic mass is 9.89. The molecule has 1 heterocycles. The van der Waals surface area contributed by atoms with E-state index in [-0.39, 0.29) is 0 Å².